The third-order valence-corrected chi connectivity index (χ3v) is 2.87. The van der Waals surface area contributed by atoms with Crippen LogP contribution in [0.2, 0.25) is 0 Å². The predicted octanol–water partition coefficient (Wildman–Crippen LogP) is 0.831. The third-order valence-electron chi connectivity index (χ3n) is 2.87. The van der Waals surface area contributed by atoms with Gasteiger partial charge in [0.2, 0.25) is 0 Å². The van der Waals surface area contributed by atoms with E-state index in [4.69, 9.17) is 0 Å². The summed E-state index contributed by atoms with van der Waals surface area (Å²) in [6.45, 7) is 7.03. The number of piperazine rings is 1. The first-order valence-corrected chi connectivity index (χ1v) is 4.77. The van der Waals surface area contributed by atoms with E-state index in [1.54, 1.807) is 0 Å². The minimum Gasteiger partial charge on any atom is -0.314 e. The second-order valence-electron chi connectivity index (χ2n) is 4.03. The van der Waals surface area contributed by atoms with Crippen LogP contribution >= 0.6 is 0 Å². The second-order valence-corrected chi connectivity index (χ2v) is 4.03. The van der Waals surface area contributed by atoms with Gasteiger partial charge in [0.15, 0.2) is 0 Å². The molecule has 2 heteroatoms. The van der Waals surface area contributed by atoms with Gasteiger partial charge in [-0.3, -0.25) is 4.90 Å². The van der Waals surface area contributed by atoms with Gasteiger partial charge in [-0.2, -0.15) is 0 Å². The van der Waals surface area contributed by atoms with Crippen LogP contribution in [0.15, 0.2) is 0 Å². The Balaban J connectivity index is 1.99. The molecule has 0 unspecified atom stereocenters. The van der Waals surface area contributed by atoms with Gasteiger partial charge in [-0.05, 0) is 26.7 Å². The van der Waals surface area contributed by atoms with E-state index in [0.717, 1.165) is 18.1 Å². The maximum Gasteiger partial charge on any atom is 0.0198 e. The van der Waals surface area contributed by atoms with Crippen LogP contribution in [0.3, 0.4) is 0 Å². The molecule has 2 aliphatic rings. The summed E-state index contributed by atoms with van der Waals surface area (Å²) < 4.78 is 0. The molecule has 0 spiro atoms. The molecule has 64 valence electrons. The van der Waals surface area contributed by atoms with E-state index in [0.29, 0.717) is 0 Å². The summed E-state index contributed by atoms with van der Waals surface area (Å²) in [6.07, 6.45) is 2.88. The van der Waals surface area contributed by atoms with Crippen LogP contribution in [0.5, 0.6) is 0 Å². The molecular weight excluding hydrogens is 136 g/mol. The Kier molecular flexibility index (Phi) is 1.90. The van der Waals surface area contributed by atoms with E-state index in [2.05, 4.69) is 24.1 Å². The highest BCUT2D eigenvalue weighted by molar-refractivity contribution is 4.93. The molecule has 2 nitrogen and oxygen atoms in total. The molecule has 1 heterocycles. The molecule has 1 aliphatic heterocycles. The lowest BCUT2D eigenvalue weighted by Gasteiger charge is -2.39. The van der Waals surface area contributed by atoms with Gasteiger partial charge in [-0.15, -0.1) is 0 Å². The van der Waals surface area contributed by atoms with E-state index in [9.17, 15) is 0 Å². The quantitative estimate of drug-likeness (QED) is 0.602. The van der Waals surface area contributed by atoms with Crippen molar-refractivity contribution in [2.24, 2.45) is 0 Å². The fraction of sp³-hybridized carbons (Fsp3) is 1.00. The first-order valence-electron chi connectivity index (χ1n) is 4.77. The second kappa shape index (κ2) is 2.76. The summed E-state index contributed by atoms with van der Waals surface area (Å²) in [4.78, 5) is 2.69. The number of nitrogens with one attached hydrogen (secondary N) is 1. The van der Waals surface area contributed by atoms with Gasteiger partial charge in [-0.25, -0.2) is 0 Å². The van der Waals surface area contributed by atoms with Crippen LogP contribution in [-0.2, 0) is 0 Å². The van der Waals surface area contributed by atoms with Crippen molar-refractivity contribution in [3.63, 3.8) is 0 Å². The first kappa shape index (κ1) is 7.56. The summed E-state index contributed by atoms with van der Waals surface area (Å²) >= 11 is 0. The van der Waals surface area contributed by atoms with Crippen LogP contribution in [-0.4, -0.2) is 36.1 Å². The van der Waals surface area contributed by atoms with Crippen LogP contribution in [0.1, 0.15) is 26.7 Å². The summed E-state index contributed by atoms with van der Waals surface area (Å²) in [7, 11) is 0. The Morgan fingerprint density at radius 3 is 2.09 bits per heavy atom. The zero-order valence-corrected chi connectivity index (χ0v) is 7.51. The van der Waals surface area contributed by atoms with Crippen molar-refractivity contribution in [1.29, 1.82) is 0 Å². The molecule has 1 N–H and O–H groups in total. The molecule has 2 rings (SSSR count). The summed E-state index contributed by atoms with van der Waals surface area (Å²) in [5, 5.41) is 3.46. The van der Waals surface area contributed by atoms with Crippen LogP contribution in [0.4, 0.5) is 0 Å². The fourth-order valence-electron chi connectivity index (χ4n) is 2.24. The van der Waals surface area contributed by atoms with E-state index < -0.39 is 0 Å². The van der Waals surface area contributed by atoms with Gasteiger partial charge in [0.1, 0.15) is 0 Å². The maximum absolute atomic E-state index is 3.46. The van der Waals surface area contributed by atoms with Crippen molar-refractivity contribution in [3.05, 3.63) is 0 Å². The Hall–Kier alpha value is -0.0800. The Morgan fingerprint density at radius 1 is 1.09 bits per heavy atom. The summed E-state index contributed by atoms with van der Waals surface area (Å²) in [5.74, 6) is 0. The van der Waals surface area contributed by atoms with E-state index in [1.807, 2.05) is 0 Å². The molecule has 2 fully saturated rings. The Morgan fingerprint density at radius 2 is 1.64 bits per heavy atom. The Bertz CT molecular complexity index is 132. The number of hydrogen-bond donors (Lipinski definition) is 1. The zero-order valence-electron chi connectivity index (χ0n) is 7.51. The highest BCUT2D eigenvalue weighted by Crippen LogP contribution is 2.31. The van der Waals surface area contributed by atoms with Gasteiger partial charge in [0, 0.05) is 31.2 Å². The summed E-state index contributed by atoms with van der Waals surface area (Å²) in [6, 6.07) is 2.44. The number of hydrogen-bond acceptors (Lipinski definition) is 2. The molecule has 11 heavy (non-hydrogen) atoms. The highest BCUT2D eigenvalue weighted by atomic mass is 15.3. The monoisotopic (exact) mass is 154 g/mol. The minimum absolute atomic E-state index is 0.756. The number of nitrogens with zero attached hydrogens (tertiary/aromatic N) is 1. The normalized spacial score (nSPS) is 40.9. The minimum atomic E-state index is 0.756. The Labute approximate surface area is 69.0 Å². The van der Waals surface area contributed by atoms with Crippen molar-refractivity contribution in [2.75, 3.05) is 13.1 Å². The highest BCUT2D eigenvalue weighted by Gasteiger charge is 2.36. The van der Waals surface area contributed by atoms with Crippen molar-refractivity contribution in [2.45, 2.75) is 44.8 Å². The molecule has 0 radical (unpaired) electrons. The molecule has 0 aromatic rings. The average Bonchev–Trinajstić information content (AvgIpc) is 2.70. The van der Waals surface area contributed by atoms with E-state index >= 15 is 0 Å². The average molecular weight is 154 g/mol. The lowest BCUT2D eigenvalue weighted by molar-refractivity contribution is 0.108. The van der Waals surface area contributed by atoms with Crippen molar-refractivity contribution >= 4 is 0 Å². The smallest absolute Gasteiger partial charge is 0.0198 e. The molecular formula is C9H18N2. The van der Waals surface area contributed by atoms with Crippen molar-refractivity contribution in [3.8, 4) is 0 Å². The molecule has 1 saturated carbocycles. The predicted molar refractivity (Wildman–Crippen MR) is 46.7 cm³/mol. The lowest BCUT2D eigenvalue weighted by atomic mass is 10.1. The first-order chi connectivity index (χ1) is 5.29. The van der Waals surface area contributed by atoms with Crippen molar-refractivity contribution < 1.29 is 0 Å². The molecule has 1 saturated heterocycles. The molecule has 1 aliphatic carbocycles. The van der Waals surface area contributed by atoms with E-state index in [-0.39, 0.29) is 0 Å². The zero-order chi connectivity index (χ0) is 7.84. The van der Waals surface area contributed by atoms with E-state index in [1.165, 1.54) is 25.9 Å². The van der Waals surface area contributed by atoms with Crippen LogP contribution < -0.4 is 5.32 Å². The summed E-state index contributed by atoms with van der Waals surface area (Å²) in [5.41, 5.74) is 0. The number of rotatable bonds is 1. The SMILES string of the molecule is C[C@@H]1CNC[C@H](C)N1C1CC1. The standard InChI is InChI=1S/C9H18N2/c1-7-5-10-6-8(2)11(7)9-3-4-9/h7-10H,3-6H2,1-2H3/t7-,8+. The molecule has 0 bridgehead atoms. The molecule has 2 atom stereocenters. The van der Waals surface area contributed by atoms with Gasteiger partial charge in [0.05, 0.1) is 0 Å². The van der Waals surface area contributed by atoms with Gasteiger partial charge < -0.3 is 5.32 Å². The fourth-order valence-corrected chi connectivity index (χ4v) is 2.24. The van der Waals surface area contributed by atoms with Gasteiger partial charge in [-0.1, -0.05) is 0 Å². The van der Waals surface area contributed by atoms with Crippen LogP contribution in [0.25, 0.3) is 0 Å². The largest absolute Gasteiger partial charge is 0.314 e. The molecule has 0 aromatic carbocycles. The molecule has 0 aromatic heterocycles. The maximum atomic E-state index is 3.46. The lowest BCUT2D eigenvalue weighted by Crippen LogP contribution is -2.55. The van der Waals surface area contributed by atoms with Gasteiger partial charge in [0.25, 0.3) is 0 Å². The van der Waals surface area contributed by atoms with Crippen LogP contribution in [0, 0.1) is 0 Å². The molecule has 0 amide bonds. The topological polar surface area (TPSA) is 15.3 Å². The van der Waals surface area contributed by atoms with Gasteiger partial charge >= 0.3 is 0 Å². The third kappa shape index (κ3) is 1.42. The van der Waals surface area contributed by atoms with Crippen molar-refractivity contribution in [1.82, 2.24) is 10.2 Å².